The smallest absolute Gasteiger partial charge is 0.338 e. The van der Waals surface area contributed by atoms with E-state index >= 15 is 0 Å². The first-order chi connectivity index (χ1) is 19.9. The van der Waals surface area contributed by atoms with E-state index in [0.717, 1.165) is 34.1 Å². The molecule has 0 saturated heterocycles. The highest BCUT2D eigenvalue weighted by atomic mass is 31.0. The first-order valence-corrected chi connectivity index (χ1v) is 14.7. The summed E-state index contributed by atoms with van der Waals surface area (Å²) in [6.45, 7) is 7.47. The van der Waals surface area contributed by atoms with Gasteiger partial charge in [0.1, 0.15) is 11.4 Å². The third kappa shape index (κ3) is 6.27. The van der Waals surface area contributed by atoms with Crippen molar-refractivity contribution in [3.8, 4) is 16.9 Å². The summed E-state index contributed by atoms with van der Waals surface area (Å²) in [4.78, 5) is 39.7. The number of rotatable bonds is 7. The Morgan fingerprint density at radius 3 is 2.33 bits per heavy atom. The van der Waals surface area contributed by atoms with Crippen LogP contribution in [0, 0.1) is 24.7 Å². The number of carbonyl (C=O) groups is 3. The van der Waals surface area contributed by atoms with E-state index in [2.05, 4.69) is 32.0 Å². The monoisotopic (exact) mass is 584 g/mol. The molecule has 2 N–H and O–H groups in total. The van der Waals surface area contributed by atoms with Gasteiger partial charge in [-0.2, -0.15) is 0 Å². The fourth-order valence-corrected chi connectivity index (χ4v) is 6.27. The second-order valence-corrected chi connectivity index (χ2v) is 12.7. The number of amides is 2. The molecule has 0 aliphatic heterocycles. The van der Waals surface area contributed by atoms with E-state index in [4.69, 9.17) is 9.47 Å². The third-order valence-electron chi connectivity index (χ3n) is 7.79. The van der Waals surface area contributed by atoms with Gasteiger partial charge in [0.05, 0.1) is 24.2 Å². The maximum atomic E-state index is 13.8. The molecular formula is C34H37N2O5P. The van der Waals surface area contributed by atoms with E-state index in [9.17, 15) is 14.4 Å². The zero-order chi connectivity index (χ0) is 30.2. The van der Waals surface area contributed by atoms with E-state index in [1.165, 1.54) is 7.11 Å². The molecule has 2 bridgehead atoms. The first kappa shape index (κ1) is 29.5. The minimum Gasteiger partial charge on any atom is -0.496 e. The minimum atomic E-state index is -0.587. The van der Waals surface area contributed by atoms with Crippen LogP contribution in [-0.4, -0.2) is 36.5 Å². The van der Waals surface area contributed by atoms with Crippen LogP contribution < -0.4 is 20.7 Å². The second kappa shape index (κ2) is 11.7. The fraction of sp³-hybridized carbons (Fsp3) is 0.324. The van der Waals surface area contributed by atoms with Gasteiger partial charge in [-0.15, -0.1) is 9.24 Å². The van der Waals surface area contributed by atoms with Crippen molar-refractivity contribution in [1.82, 2.24) is 5.32 Å². The number of nitrogens with one attached hydrogen (secondary N) is 2. The van der Waals surface area contributed by atoms with Gasteiger partial charge in [-0.25, -0.2) is 4.79 Å². The molecule has 3 aromatic rings. The molecule has 1 fully saturated rings. The van der Waals surface area contributed by atoms with E-state index in [-0.39, 0.29) is 35.6 Å². The van der Waals surface area contributed by atoms with Crippen molar-refractivity contribution >= 4 is 38.0 Å². The van der Waals surface area contributed by atoms with Crippen LogP contribution in [0.1, 0.15) is 53.5 Å². The molecule has 0 aromatic heterocycles. The molecule has 2 aliphatic carbocycles. The maximum absolute atomic E-state index is 13.8. The van der Waals surface area contributed by atoms with Gasteiger partial charge in [0, 0.05) is 11.7 Å². The van der Waals surface area contributed by atoms with Crippen molar-refractivity contribution < 1.29 is 23.9 Å². The van der Waals surface area contributed by atoms with E-state index in [1.54, 1.807) is 24.3 Å². The normalized spacial score (nSPS) is 20.7. The molecule has 0 spiro atoms. The number of esters is 1. The minimum absolute atomic E-state index is 0.0699. The van der Waals surface area contributed by atoms with Crippen molar-refractivity contribution in [2.24, 2.45) is 17.8 Å². The Morgan fingerprint density at radius 2 is 1.67 bits per heavy atom. The lowest BCUT2D eigenvalue weighted by atomic mass is 9.87. The predicted molar refractivity (Wildman–Crippen MR) is 168 cm³/mol. The zero-order valence-corrected chi connectivity index (χ0v) is 25.7. The molecule has 5 atom stereocenters. The highest BCUT2D eigenvalue weighted by molar-refractivity contribution is 7.28. The Balaban J connectivity index is 1.38. The summed E-state index contributed by atoms with van der Waals surface area (Å²) in [7, 11) is 4.22. The molecule has 3 aromatic carbocycles. The van der Waals surface area contributed by atoms with Crippen LogP contribution in [0.2, 0.25) is 0 Å². The summed E-state index contributed by atoms with van der Waals surface area (Å²) in [6.07, 6.45) is 5.02. The summed E-state index contributed by atoms with van der Waals surface area (Å²) in [5, 5.41) is 7.07. The molecule has 5 rings (SSSR count). The largest absolute Gasteiger partial charge is 0.496 e. The van der Waals surface area contributed by atoms with Crippen LogP contribution in [0.5, 0.6) is 5.75 Å². The van der Waals surface area contributed by atoms with Gasteiger partial charge in [-0.3, -0.25) is 9.59 Å². The Morgan fingerprint density at radius 1 is 0.952 bits per heavy atom. The lowest BCUT2D eigenvalue weighted by molar-refractivity contribution is -0.121. The zero-order valence-electron chi connectivity index (χ0n) is 24.6. The number of anilines is 1. The van der Waals surface area contributed by atoms with Crippen LogP contribution in [0.25, 0.3) is 11.1 Å². The van der Waals surface area contributed by atoms with Gasteiger partial charge in [0.25, 0.3) is 5.91 Å². The standard InChI is InChI=1S/C34H37N2O5P/c1-19-7-6-8-24(15-19)35-32(38)29-22-13-14-23(16-22)30(29)36-31(37)26-17-25(28(42)18-27(26)40-5)20-9-11-21(12-10-20)33(39)41-34(2,3)4/h6-15,17-18,22-23,29-30H,16,42H2,1-5H3,(H,35,38)(H,36,37)/t22-,23+,29+,30-/m1/s1. The summed E-state index contributed by atoms with van der Waals surface area (Å²) in [5.74, 6) is -0.582. The highest BCUT2D eigenvalue weighted by Crippen LogP contribution is 2.44. The van der Waals surface area contributed by atoms with Gasteiger partial charge < -0.3 is 20.1 Å². The topological polar surface area (TPSA) is 93.7 Å². The van der Waals surface area contributed by atoms with Gasteiger partial charge in [0.2, 0.25) is 5.91 Å². The van der Waals surface area contributed by atoms with Crippen molar-refractivity contribution in [2.45, 2.75) is 45.8 Å². The average Bonchev–Trinajstić information content (AvgIpc) is 3.54. The third-order valence-corrected chi connectivity index (χ3v) is 8.27. The van der Waals surface area contributed by atoms with Crippen molar-refractivity contribution in [1.29, 1.82) is 0 Å². The van der Waals surface area contributed by atoms with Gasteiger partial charge in [-0.1, -0.05) is 36.4 Å². The number of fused-ring (bicyclic) bond motifs is 2. The Kier molecular flexibility index (Phi) is 8.25. The summed E-state index contributed by atoms with van der Waals surface area (Å²) in [5.41, 5.74) is 3.69. The Bertz CT molecular complexity index is 1560. The number of aryl methyl sites for hydroxylation is 1. The molecule has 7 nitrogen and oxygen atoms in total. The van der Waals surface area contributed by atoms with Crippen LogP contribution in [0.15, 0.2) is 72.8 Å². The first-order valence-electron chi connectivity index (χ1n) is 14.1. The number of ether oxygens (including phenoxy) is 2. The van der Waals surface area contributed by atoms with Crippen LogP contribution in [0.3, 0.4) is 0 Å². The molecule has 8 heteroatoms. The number of hydrogen-bond donors (Lipinski definition) is 2. The Hall–Kier alpha value is -3.96. The lowest BCUT2D eigenvalue weighted by Crippen LogP contribution is -2.47. The van der Waals surface area contributed by atoms with Crippen molar-refractivity contribution in [2.75, 3.05) is 12.4 Å². The molecule has 1 unspecified atom stereocenters. The summed E-state index contributed by atoms with van der Waals surface area (Å²) in [6, 6.07) is 18.1. The van der Waals surface area contributed by atoms with Crippen LogP contribution >= 0.6 is 9.24 Å². The van der Waals surface area contributed by atoms with Crippen molar-refractivity contribution in [3.63, 3.8) is 0 Å². The number of allylic oxidation sites excluding steroid dienone is 1. The maximum Gasteiger partial charge on any atom is 0.338 e. The highest BCUT2D eigenvalue weighted by Gasteiger charge is 2.49. The number of methoxy groups -OCH3 is 1. The lowest BCUT2D eigenvalue weighted by Gasteiger charge is -2.28. The van der Waals surface area contributed by atoms with E-state index in [1.807, 2.05) is 64.1 Å². The number of benzene rings is 3. The van der Waals surface area contributed by atoms with E-state index < -0.39 is 11.6 Å². The summed E-state index contributed by atoms with van der Waals surface area (Å²) >= 11 is 0. The van der Waals surface area contributed by atoms with Gasteiger partial charge in [0.15, 0.2) is 0 Å². The molecule has 42 heavy (non-hydrogen) atoms. The van der Waals surface area contributed by atoms with Gasteiger partial charge >= 0.3 is 5.97 Å². The molecule has 1 saturated carbocycles. The SMILES string of the molecule is COc1cc(P)c(-c2ccc(C(=O)OC(C)(C)C)cc2)cc1C(=O)N[C@H]1[C@@H](C(=O)Nc2cccc(C)c2)[C@@H]2C=C[C@H]1C2. The number of carbonyl (C=O) groups excluding carboxylic acids is 3. The Labute approximate surface area is 249 Å². The second-order valence-electron chi connectivity index (χ2n) is 12.1. The molecule has 0 heterocycles. The molecule has 0 radical (unpaired) electrons. The molecule has 218 valence electrons. The summed E-state index contributed by atoms with van der Waals surface area (Å²) < 4.78 is 11.1. The quantitative estimate of drug-likeness (QED) is 0.212. The van der Waals surface area contributed by atoms with Crippen molar-refractivity contribution in [3.05, 3.63) is 89.5 Å². The molecule has 2 amide bonds. The van der Waals surface area contributed by atoms with Crippen LogP contribution in [-0.2, 0) is 9.53 Å². The van der Waals surface area contributed by atoms with Crippen LogP contribution in [0.4, 0.5) is 5.69 Å². The molecular weight excluding hydrogens is 547 g/mol. The average molecular weight is 585 g/mol. The fourth-order valence-electron chi connectivity index (χ4n) is 5.87. The molecule has 2 aliphatic rings. The van der Waals surface area contributed by atoms with E-state index in [0.29, 0.717) is 16.9 Å². The van der Waals surface area contributed by atoms with Gasteiger partial charge in [-0.05, 0) is 104 Å². The number of hydrogen-bond acceptors (Lipinski definition) is 5. The predicted octanol–water partition coefficient (Wildman–Crippen LogP) is 5.69.